The number of hydrogen-bond donors (Lipinski definition) is 0. The van der Waals surface area contributed by atoms with Crippen molar-refractivity contribution in [3.8, 4) is 61.3 Å². The third-order valence-corrected chi connectivity index (χ3v) is 16.4. The summed E-state index contributed by atoms with van der Waals surface area (Å²) in [6, 6.07) is 96.7. The Labute approximate surface area is 418 Å². The van der Waals surface area contributed by atoms with Gasteiger partial charge in [-0.1, -0.05) is 206 Å². The van der Waals surface area contributed by atoms with E-state index in [0.717, 1.165) is 39.5 Å². The Balaban J connectivity index is 0.876. The summed E-state index contributed by atoms with van der Waals surface area (Å²) in [5, 5.41) is 0. The molecule has 1 aromatic heterocycles. The highest BCUT2D eigenvalue weighted by atomic mass is 15.2. The van der Waals surface area contributed by atoms with Gasteiger partial charge in [0.1, 0.15) is 11.2 Å². The Morgan fingerprint density at radius 3 is 1.35 bits per heavy atom. The zero-order chi connectivity index (χ0) is 47.1. The molecule has 3 heteroatoms. The van der Waals surface area contributed by atoms with Crippen molar-refractivity contribution in [2.24, 2.45) is 0 Å². The van der Waals surface area contributed by atoms with Gasteiger partial charge in [-0.3, -0.25) is 4.57 Å². The smallest absolute Gasteiger partial charge is 0.134 e. The summed E-state index contributed by atoms with van der Waals surface area (Å²) in [6.07, 6.45) is 0. The van der Waals surface area contributed by atoms with Gasteiger partial charge in [0, 0.05) is 17.1 Å². The van der Waals surface area contributed by atoms with E-state index in [1.807, 2.05) is 0 Å². The van der Waals surface area contributed by atoms with Crippen molar-refractivity contribution in [2.75, 3.05) is 4.90 Å². The number of benzene rings is 11. The van der Waals surface area contributed by atoms with Crippen LogP contribution in [0.5, 0.6) is 0 Å². The molecule has 0 saturated heterocycles. The summed E-state index contributed by atoms with van der Waals surface area (Å²) in [5.74, 6) is 1.04. The van der Waals surface area contributed by atoms with Crippen molar-refractivity contribution >= 4 is 28.1 Å². The van der Waals surface area contributed by atoms with Gasteiger partial charge in [0.25, 0.3) is 0 Å². The standard InChI is InChI=1S/C69H43N3/c1-2-17-44(18-3-1)45-33-36-48(37-34-45)71(50-38-40-66-64(43-50)70-67-69(62-31-14-15-32-65(62)72(66)67)60-29-12-7-23-53(60)54-24-8-13-30-61(54)69)49-20-16-19-46(41-49)47-35-39-56-55-25-6-11-28-59(55)68(63(56)42-47)57-26-9-4-21-51(57)52-22-5-10-27-58(52)68/h1-43H. The molecule has 0 amide bonds. The van der Waals surface area contributed by atoms with Crippen LogP contribution >= 0.6 is 0 Å². The molecule has 0 bridgehead atoms. The molecule has 11 aromatic carbocycles. The zero-order valence-corrected chi connectivity index (χ0v) is 39.2. The normalized spacial score (nSPS) is 14.1. The van der Waals surface area contributed by atoms with E-state index in [2.05, 4.69) is 270 Å². The average Bonchev–Trinajstić information content (AvgIpc) is 4.23. The number of rotatable bonds is 5. The summed E-state index contributed by atoms with van der Waals surface area (Å²) in [5.41, 5.74) is 27.2. The van der Waals surface area contributed by atoms with Gasteiger partial charge in [-0.05, 0) is 149 Å². The van der Waals surface area contributed by atoms with Crippen molar-refractivity contribution in [3.63, 3.8) is 0 Å². The van der Waals surface area contributed by atoms with Crippen LogP contribution in [-0.4, -0.2) is 9.55 Å². The molecule has 12 aromatic rings. The number of aromatic nitrogens is 2. The predicted molar refractivity (Wildman–Crippen MR) is 294 cm³/mol. The van der Waals surface area contributed by atoms with Crippen molar-refractivity contribution in [1.82, 2.24) is 9.55 Å². The van der Waals surface area contributed by atoms with Gasteiger partial charge in [-0.2, -0.15) is 0 Å². The van der Waals surface area contributed by atoms with Crippen molar-refractivity contribution in [1.29, 1.82) is 0 Å². The van der Waals surface area contributed by atoms with Gasteiger partial charge in [-0.15, -0.1) is 0 Å². The summed E-state index contributed by atoms with van der Waals surface area (Å²) in [7, 11) is 0. The Morgan fingerprint density at radius 1 is 0.292 bits per heavy atom. The molecular weight excluding hydrogens is 871 g/mol. The van der Waals surface area contributed by atoms with Gasteiger partial charge in [0.15, 0.2) is 0 Å². The van der Waals surface area contributed by atoms with E-state index in [1.165, 1.54) is 94.7 Å². The molecule has 16 rings (SSSR count). The number of anilines is 3. The second-order valence-electron chi connectivity index (χ2n) is 19.7. The van der Waals surface area contributed by atoms with E-state index in [-0.39, 0.29) is 0 Å². The Morgan fingerprint density at radius 2 is 0.736 bits per heavy atom. The van der Waals surface area contributed by atoms with Gasteiger partial charge in [0.05, 0.1) is 22.1 Å². The fourth-order valence-corrected chi connectivity index (χ4v) is 13.6. The van der Waals surface area contributed by atoms with E-state index in [9.17, 15) is 0 Å². The molecule has 3 aliphatic carbocycles. The lowest BCUT2D eigenvalue weighted by molar-refractivity contribution is 0.738. The molecule has 0 N–H and O–H groups in total. The minimum atomic E-state index is -0.539. The van der Waals surface area contributed by atoms with Gasteiger partial charge in [0.2, 0.25) is 0 Å². The first-order valence-electron chi connectivity index (χ1n) is 25.0. The summed E-state index contributed by atoms with van der Waals surface area (Å²) in [6.45, 7) is 0. The molecule has 72 heavy (non-hydrogen) atoms. The van der Waals surface area contributed by atoms with E-state index in [4.69, 9.17) is 4.98 Å². The Hall–Kier alpha value is -9.31. The maximum Gasteiger partial charge on any atom is 0.134 e. The van der Waals surface area contributed by atoms with E-state index < -0.39 is 10.8 Å². The first-order valence-corrected chi connectivity index (χ1v) is 25.0. The first-order chi connectivity index (χ1) is 35.7. The highest BCUT2D eigenvalue weighted by Crippen LogP contribution is 2.64. The molecule has 0 radical (unpaired) electrons. The van der Waals surface area contributed by atoms with Crippen LogP contribution < -0.4 is 4.90 Å². The molecule has 2 spiro atoms. The molecule has 0 unspecified atom stereocenters. The lowest BCUT2D eigenvalue weighted by Crippen LogP contribution is -2.27. The van der Waals surface area contributed by atoms with Crippen molar-refractivity contribution < 1.29 is 0 Å². The number of imidazole rings is 1. The van der Waals surface area contributed by atoms with Crippen LogP contribution in [0.2, 0.25) is 0 Å². The fraction of sp³-hybridized carbons (Fsp3) is 0.0290. The van der Waals surface area contributed by atoms with Crippen LogP contribution in [0.15, 0.2) is 261 Å². The minimum Gasteiger partial charge on any atom is -0.310 e. The molecule has 0 atom stereocenters. The summed E-state index contributed by atoms with van der Waals surface area (Å²) in [4.78, 5) is 8.15. The highest BCUT2D eigenvalue weighted by molar-refractivity contribution is 5.97. The SMILES string of the molecule is c1ccc(-c2ccc(N(c3cccc(-c4ccc5c(c4)C4(c6ccccc6-c6ccccc64)c4ccccc4-5)c3)c3ccc4c(c3)nc3n4-c4ccccc4C34c3ccccc3-c3ccccc34)cc2)cc1. The fourth-order valence-electron chi connectivity index (χ4n) is 13.6. The van der Waals surface area contributed by atoms with E-state index in [1.54, 1.807) is 0 Å². The molecule has 4 aliphatic rings. The lowest BCUT2D eigenvalue weighted by atomic mass is 9.70. The van der Waals surface area contributed by atoms with Crippen LogP contribution in [0, 0.1) is 0 Å². The van der Waals surface area contributed by atoms with Crippen molar-refractivity contribution in [2.45, 2.75) is 10.8 Å². The molecular formula is C69H43N3. The number of nitrogens with zero attached hydrogens (tertiary/aromatic N) is 3. The highest BCUT2D eigenvalue weighted by Gasteiger charge is 2.54. The second kappa shape index (κ2) is 14.6. The third-order valence-electron chi connectivity index (χ3n) is 16.4. The molecule has 2 heterocycles. The maximum absolute atomic E-state index is 5.74. The summed E-state index contributed by atoms with van der Waals surface area (Å²) >= 11 is 0. The van der Waals surface area contributed by atoms with Gasteiger partial charge < -0.3 is 4.90 Å². The molecule has 0 saturated carbocycles. The topological polar surface area (TPSA) is 21.1 Å². The van der Waals surface area contributed by atoms with Gasteiger partial charge in [-0.25, -0.2) is 4.98 Å². The largest absolute Gasteiger partial charge is 0.310 e. The average molecular weight is 914 g/mol. The maximum atomic E-state index is 5.74. The minimum absolute atomic E-state index is 0.415. The number of para-hydroxylation sites is 1. The summed E-state index contributed by atoms with van der Waals surface area (Å²) < 4.78 is 2.42. The number of fused-ring (bicyclic) bond motifs is 22. The zero-order valence-electron chi connectivity index (χ0n) is 39.2. The monoisotopic (exact) mass is 913 g/mol. The Bertz CT molecular complexity index is 4130. The molecule has 0 fully saturated rings. The predicted octanol–water partition coefficient (Wildman–Crippen LogP) is 16.8. The first kappa shape index (κ1) is 39.5. The van der Waals surface area contributed by atoms with E-state index in [0.29, 0.717) is 0 Å². The van der Waals surface area contributed by atoms with Crippen LogP contribution in [0.3, 0.4) is 0 Å². The van der Waals surface area contributed by atoms with Crippen LogP contribution in [0.1, 0.15) is 44.8 Å². The molecule has 3 nitrogen and oxygen atoms in total. The number of hydrogen-bond acceptors (Lipinski definition) is 2. The quantitative estimate of drug-likeness (QED) is 0.172. The Kier molecular flexibility index (Phi) is 8.02. The van der Waals surface area contributed by atoms with Crippen LogP contribution in [-0.2, 0) is 10.8 Å². The van der Waals surface area contributed by atoms with Crippen LogP contribution in [0.25, 0.3) is 72.4 Å². The van der Waals surface area contributed by atoms with Gasteiger partial charge >= 0.3 is 0 Å². The van der Waals surface area contributed by atoms with Crippen molar-refractivity contribution in [3.05, 3.63) is 306 Å². The molecule has 1 aliphatic heterocycles. The third kappa shape index (κ3) is 5.06. The van der Waals surface area contributed by atoms with Crippen LogP contribution in [0.4, 0.5) is 17.1 Å². The lowest BCUT2D eigenvalue weighted by Gasteiger charge is -2.30. The second-order valence-corrected chi connectivity index (χ2v) is 19.7. The van der Waals surface area contributed by atoms with E-state index >= 15 is 0 Å². The molecule has 334 valence electrons.